The van der Waals surface area contributed by atoms with Gasteiger partial charge in [-0.1, -0.05) is 6.08 Å². The summed E-state index contributed by atoms with van der Waals surface area (Å²) in [6.45, 7) is 6.63. The number of benzene rings is 1. The Morgan fingerprint density at radius 1 is 1.23 bits per heavy atom. The molecule has 1 aromatic rings. The maximum Gasteiger partial charge on any atom is 0.416 e. The average molecular weight is 359 g/mol. The van der Waals surface area contributed by atoms with E-state index in [9.17, 15) is 18.3 Å². The number of alkyl halides is 3. The fourth-order valence-corrected chi connectivity index (χ4v) is 2.40. The van der Waals surface area contributed by atoms with Gasteiger partial charge in [-0.3, -0.25) is 4.90 Å². The molecule has 0 aliphatic carbocycles. The molecule has 1 aliphatic heterocycles. The van der Waals surface area contributed by atoms with Crippen molar-refractivity contribution < 1.29 is 18.3 Å². The summed E-state index contributed by atoms with van der Waals surface area (Å²) in [6, 6.07) is 2.57. The molecule has 1 fully saturated rings. The van der Waals surface area contributed by atoms with Gasteiger partial charge in [0, 0.05) is 31.7 Å². The Balaban J connectivity index is 0.00000220. The van der Waals surface area contributed by atoms with Crippen LogP contribution in [0.1, 0.15) is 17.2 Å². The number of phenolic OH excluding ortho intramolecular Hbond substituents is 1. The number of piperazine rings is 1. The van der Waals surface area contributed by atoms with Crippen molar-refractivity contribution in [3.05, 3.63) is 42.0 Å². The van der Waals surface area contributed by atoms with Crippen molar-refractivity contribution in [1.29, 1.82) is 0 Å². The Hall–Kier alpha value is -0.950. The van der Waals surface area contributed by atoms with Gasteiger partial charge in [-0.05, 0) is 18.2 Å². The van der Waals surface area contributed by atoms with E-state index in [-0.39, 0.29) is 36.1 Å². The van der Waals surface area contributed by atoms with Crippen LogP contribution in [0.3, 0.4) is 0 Å². The van der Waals surface area contributed by atoms with E-state index in [0.29, 0.717) is 13.1 Å². The fraction of sp³-hybridized carbons (Fsp3) is 0.429. The van der Waals surface area contributed by atoms with Crippen molar-refractivity contribution in [2.45, 2.75) is 12.2 Å². The molecule has 0 amide bonds. The molecule has 0 unspecified atom stereocenters. The fourth-order valence-electron chi connectivity index (χ4n) is 2.40. The smallest absolute Gasteiger partial charge is 0.416 e. The van der Waals surface area contributed by atoms with E-state index in [0.717, 1.165) is 31.3 Å². The van der Waals surface area contributed by atoms with Gasteiger partial charge in [0.2, 0.25) is 0 Å². The number of rotatable bonds is 3. The van der Waals surface area contributed by atoms with E-state index in [4.69, 9.17) is 0 Å². The first-order valence-corrected chi connectivity index (χ1v) is 6.41. The SMILES string of the molecule is C=C[C@H](c1cc(C(F)(F)F)ccc1O)N1CCNCC1.Cl.Cl. The summed E-state index contributed by atoms with van der Waals surface area (Å²) >= 11 is 0. The van der Waals surface area contributed by atoms with Crippen LogP contribution in [0.2, 0.25) is 0 Å². The van der Waals surface area contributed by atoms with Gasteiger partial charge in [0.15, 0.2) is 0 Å². The molecule has 0 bridgehead atoms. The van der Waals surface area contributed by atoms with E-state index in [1.807, 2.05) is 4.90 Å². The molecule has 3 nitrogen and oxygen atoms in total. The van der Waals surface area contributed by atoms with E-state index < -0.39 is 17.8 Å². The summed E-state index contributed by atoms with van der Waals surface area (Å²) in [5.74, 6) is -0.138. The van der Waals surface area contributed by atoms with Crippen LogP contribution in [0.5, 0.6) is 5.75 Å². The van der Waals surface area contributed by atoms with Crippen LogP contribution < -0.4 is 5.32 Å². The summed E-state index contributed by atoms with van der Waals surface area (Å²) in [5, 5.41) is 13.1. The molecule has 2 N–H and O–H groups in total. The second kappa shape index (κ2) is 8.62. The minimum absolute atomic E-state index is 0. The molecular formula is C14H19Cl2F3N2O. The van der Waals surface area contributed by atoms with Gasteiger partial charge >= 0.3 is 6.18 Å². The number of halogens is 5. The molecule has 1 atom stereocenters. The van der Waals surface area contributed by atoms with Crippen molar-refractivity contribution in [3.8, 4) is 5.75 Å². The van der Waals surface area contributed by atoms with Gasteiger partial charge in [-0.2, -0.15) is 13.2 Å². The van der Waals surface area contributed by atoms with E-state index in [1.54, 1.807) is 6.08 Å². The van der Waals surface area contributed by atoms with Crippen molar-refractivity contribution in [3.63, 3.8) is 0 Å². The zero-order valence-electron chi connectivity index (χ0n) is 11.8. The number of hydrogen-bond donors (Lipinski definition) is 2. The van der Waals surface area contributed by atoms with Gasteiger partial charge in [0.25, 0.3) is 0 Å². The lowest BCUT2D eigenvalue weighted by molar-refractivity contribution is -0.137. The third-order valence-electron chi connectivity index (χ3n) is 3.44. The molecule has 2 rings (SSSR count). The monoisotopic (exact) mass is 358 g/mol. The molecule has 1 saturated heterocycles. The van der Waals surface area contributed by atoms with Gasteiger partial charge < -0.3 is 10.4 Å². The molecule has 22 heavy (non-hydrogen) atoms. The highest BCUT2D eigenvalue weighted by molar-refractivity contribution is 5.85. The lowest BCUT2D eigenvalue weighted by atomic mass is 10.0. The summed E-state index contributed by atoms with van der Waals surface area (Å²) in [5.41, 5.74) is -0.510. The normalized spacial score (nSPS) is 17.0. The first kappa shape index (κ1) is 21.0. The van der Waals surface area contributed by atoms with Crippen LogP contribution in [0.25, 0.3) is 0 Å². The summed E-state index contributed by atoms with van der Waals surface area (Å²) < 4.78 is 38.3. The summed E-state index contributed by atoms with van der Waals surface area (Å²) in [7, 11) is 0. The van der Waals surface area contributed by atoms with Crippen molar-refractivity contribution in [2.24, 2.45) is 0 Å². The minimum atomic E-state index is -4.42. The van der Waals surface area contributed by atoms with Crippen molar-refractivity contribution in [2.75, 3.05) is 26.2 Å². The molecule has 0 spiro atoms. The number of nitrogens with zero attached hydrogens (tertiary/aromatic N) is 1. The Morgan fingerprint density at radius 2 is 1.82 bits per heavy atom. The van der Waals surface area contributed by atoms with Crippen LogP contribution in [-0.4, -0.2) is 36.2 Å². The van der Waals surface area contributed by atoms with Crippen LogP contribution in [0.4, 0.5) is 13.2 Å². The number of nitrogens with one attached hydrogen (secondary N) is 1. The zero-order chi connectivity index (χ0) is 14.8. The highest BCUT2D eigenvalue weighted by atomic mass is 35.5. The maximum absolute atomic E-state index is 12.8. The minimum Gasteiger partial charge on any atom is -0.508 e. The lowest BCUT2D eigenvalue weighted by Crippen LogP contribution is -2.44. The van der Waals surface area contributed by atoms with E-state index in [1.165, 1.54) is 0 Å². The van der Waals surface area contributed by atoms with Gasteiger partial charge in [0.05, 0.1) is 11.6 Å². The third kappa shape index (κ3) is 4.78. The van der Waals surface area contributed by atoms with Gasteiger partial charge in [0.1, 0.15) is 5.75 Å². The largest absolute Gasteiger partial charge is 0.508 e. The first-order valence-electron chi connectivity index (χ1n) is 6.41. The highest BCUT2D eigenvalue weighted by Crippen LogP contribution is 2.36. The topological polar surface area (TPSA) is 35.5 Å². The highest BCUT2D eigenvalue weighted by Gasteiger charge is 2.32. The molecule has 126 valence electrons. The predicted octanol–water partition coefficient (Wildman–Crippen LogP) is 3.39. The Morgan fingerprint density at radius 3 is 2.32 bits per heavy atom. The third-order valence-corrected chi connectivity index (χ3v) is 3.44. The molecule has 0 saturated carbocycles. The molecule has 1 heterocycles. The number of aromatic hydroxyl groups is 1. The Kier molecular flexibility index (Phi) is 8.25. The molecule has 8 heteroatoms. The van der Waals surface area contributed by atoms with E-state index >= 15 is 0 Å². The molecule has 1 aliphatic rings. The summed E-state index contributed by atoms with van der Waals surface area (Å²) in [4.78, 5) is 2.00. The summed E-state index contributed by atoms with van der Waals surface area (Å²) in [6.07, 6.45) is -2.85. The molecule has 1 aromatic carbocycles. The second-order valence-electron chi connectivity index (χ2n) is 4.74. The second-order valence-corrected chi connectivity index (χ2v) is 4.74. The average Bonchev–Trinajstić information content (AvgIpc) is 2.41. The standard InChI is InChI=1S/C14H17F3N2O.2ClH/c1-2-12(19-7-5-18-6-8-19)11-9-10(14(15,16)17)3-4-13(11)20;;/h2-4,9,12,18,20H,1,5-8H2;2*1H/t12-;;/m1../s1. The van der Waals surface area contributed by atoms with Gasteiger partial charge in [-0.25, -0.2) is 0 Å². The van der Waals surface area contributed by atoms with Crippen LogP contribution >= 0.6 is 24.8 Å². The quantitative estimate of drug-likeness (QED) is 0.813. The van der Waals surface area contributed by atoms with Crippen molar-refractivity contribution in [1.82, 2.24) is 10.2 Å². The van der Waals surface area contributed by atoms with E-state index in [2.05, 4.69) is 11.9 Å². The first-order chi connectivity index (χ1) is 9.43. The Bertz CT molecular complexity index is 491. The predicted molar refractivity (Wildman–Crippen MR) is 85.0 cm³/mol. The molecule has 0 radical (unpaired) electrons. The van der Waals surface area contributed by atoms with Crippen LogP contribution in [0, 0.1) is 0 Å². The zero-order valence-corrected chi connectivity index (χ0v) is 13.4. The van der Waals surface area contributed by atoms with Gasteiger partial charge in [-0.15, -0.1) is 31.4 Å². The Labute approximate surface area is 140 Å². The maximum atomic E-state index is 12.8. The van der Waals surface area contributed by atoms with Crippen molar-refractivity contribution >= 4 is 24.8 Å². The lowest BCUT2D eigenvalue weighted by Gasteiger charge is -2.33. The molecular weight excluding hydrogens is 340 g/mol. The molecule has 0 aromatic heterocycles. The van der Waals surface area contributed by atoms with Crippen LogP contribution in [0.15, 0.2) is 30.9 Å². The van der Waals surface area contributed by atoms with Crippen LogP contribution in [-0.2, 0) is 6.18 Å². The number of hydrogen-bond acceptors (Lipinski definition) is 3. The number of phenols is 1.